The predicted octanol–water partition coefficient (Wildman–Crippen LogP) is 3.89. The van der Waals surface area contributed by atoms with Crippen LogP contribution in [0.2, 0.25) is 0 Å². The van der Waals surface area contributed by atoms with Crippen LogP contribution in [0.1, 0.15) is 52.4 Å². The summed E-state index contributed by atoms with van der Waals surface area (Å²) in [6.45, 7) is 4.92. The van der Waals surface area contributed by atoms with Crippen LogP contribution in [0.5, 0.6) is 0 Å². The van der Waals surface area contributed by atoms with Crippen molar-refractivity contribution >= 4 is 0 Å². The second-order valence-electron chi connectivity index (χ2n) is 3.90. The Kier molecular flexibility index (Phi) is 7.83. The average Bonchev–Trinajstić information content (AvgIpc) is 2.12. The summed E-state index contributed by atoms with van der Waals surface area (Å²) in [5.74, 6) is 0. The van der Waals surface area contributed by atoms with Crippen LogP contribution in [-0.2, 0) is 0 Å². The highest BCUT2D eigenvalue weighted by Crippen LogP contribution is 2.23. The summed E-state index contributed by atoms with van der Waals surface area (Å²) in [6, 6.07) is 0.261. The van der Waals surface area contributed by atoms with Crippen LogP contribution in [0.25, 0.3) is 0 Å². The van der Waals surface area contributed by atoms with E-state index in [1.165, 1.54) is 0 Å². The van der Waals surface area contributed by atoms with Gasteiger partial charge in [0.05, 0.1) is 0 Å². The largest absolute Gasteiger partial charge is 0.389 e. The Morgan fingerprint density at radius 2 is 1.67 bits per heavy atom. The van der Waals surface area contributed by atoms with E-state index in [4.69, 9.17) is 0 Å². The second kappa shape index (κ2) is 7.97. The van der Waals surface area contributed by atoms with Gasteiger partial charge in [0.2, 0.25) is 0 Å². The standard InChI is InChI=1S/C11H22F3N/c1-3-5-7-10(15-4-2)8-6-9-11(12,13)14/h10,15H,3-9H2,1-2H3. The molecule has 1 N–H and O–H groups in total. The number of hydrogen-bond acceptors (Lipinski definition) is 1. The molecule has 1 nitrogen and oxygen atoms in total. The number of hydrogen-bond donors (Lipinski definition) is 1. The zero-order chi connectivity index (χ0) is 11.7. The molecule has 4 heteroatoms. The summed E-state index contributed by atoms with van der Waals surface area (Å²) in [7, 11) is 0. The Morgan fingerprint density at radius 1 is 1.07 bits per heavy atom. The third kappa shape index (κ3) is 10.0. The van der Waals surface area contributed by atoms with E-state index in [0.717, 1.165) is 25.8 Å². The Balaban J connectivity index is 3.65. The average molecular weight is 225 g/mol. The van der Waals surface area contributed by atoms with E-state index in [1.807, 2.05) is 6.92 Å². The highest BCUT2D eigenvalue weighted by atomic mass is 19.4. The molecule has 0 spiro atoms. The van der Waals surface area contributed by atoms with Gasteiger partial charge in [-0.05, 0) is 25.8 Å². The lowest BCUT2D eigenvalue weighted by atomic mass is 10.0. The van der Waals surface area contributed by atoms with Gasteiger partial charge in [0.1, 0.15) is 0 Å². The molecule has 0 aromatic carbocycles. The molecule has 0 bridgehead atoms. The van der Waals surface area contributed by atoms with Gasteiger partial charge in [-0.25, -0.2) is 0 Å². The van der Waals surface area contributed by atoms with Crippen molar-refractivity contribution in [1.29, 1.82) is 0 Å². The van der Waals surface area contributed by atoms with Crippen LogP contribution >= 0.6 is 0 Å². The Labute approximate surface area is 90.4 Å². The van der Waals surface area contributed by atoms with Gasteiger partial charge in [0.15, 0.2) is 0 Å². The van der Waals surface area contributed by atoms with Gasteiger partial charge in [0.25, 0.3) is 0 Å². The maximum absolute atomic E-state index is 11.9. The number of nitrogens with one attached hydrogen (secondary N) is 1. The highest BCUT2D eigenvalue weighted by molar-refractivity contribution is 4.67. The van der Waals surface area contributed by atoms with Crippen molar-refractivity contribution in [2.24, 2.45) is 0 Å². The van der Waals surface area contributed by atoms with Crippen molar-refractivity contribution in [1.82, 2.24) is 5.32 Å². The molecule has 0 rings (SSSR count). The highest BCUT2D eigenvalue weighted by Gasteiger charge is 2.26. The molecule has 0 radical (unpaired) electrons. The van der Waals surface area contributed by atoms with E-state index in [-0.39, 0.29) is 12.5 Å². The fraction of sp³-hybridized carbons (Fsp3) is 1.00. The lowest BCUT2D eigenvalue weighted by molar-refractivity contribution is -0.135. The molecule has 92 valence electrons. The van der Waals surface area contributed by atoms with Crippen LogP contribution in [0, 0.1) is 0 Å². The molecule has 0 aromatic heterocycles. The van der Waals surface area contributed by atoms with Gasteiger partial charge in [-0.2, -0.15) is 13.2 Å². The van der Waals surface area contributed by atoms with Gasteiger partial charge in [-0.1, -0.05) is 26.7 Å². The first kappa shape index (κ1) is 14.8. The first-order valence-corrected chi connectivity index (χ1v) is 5.79. The molecular formula is C11H22F3N. The number of rotatable bonds is 8. The summed E-state index contributed by atoms with van der Waals surface area (Å²) in [6.07, 6.45) is -0.603. The molecule has 0 saturated carbocycles. The predicted molar refractivity (Wildman–Crippen MR) is 56.9 cm³/mol. The van der Waals surface area contributed by atoms with Crippen molar-refractivity contribution in [3.8, 4) is 0 Å². The first-order valence-electron chi connectivity index (χ1n) is 5.79. The van der Waals surface area contributed by atoms with E-state index in [0.29, 0.717) is 6.42 Å². The topological polar surface area (TPSA) is 12.0 Å². The lowest BCUT2D eigenvalue weighted by Gasteiger charge is -2.17. The summed E-state index contributed by atoms with van der Waals surface area (Å²) in [4.78, 5) is 0. The van der Waals surface area contributed by atoms with E-state index in [9.17, 15) is 13.2 Å². The molecule has 1 atom stereocenters. The van der Waals surface area contributed by atoms with Crippen molar-refractivity contribution < 1.29 is 13.2 Å². The van der Waals surface area contributed by atoms with Crippen molar-refractivity contribution in [2.45, 2.75) is 64.6 Å². The van der Waals surface area contributed by atoms with E-state index in [1.54, 1.807) is 0 Å². The van der Waals surface area contributed by atoms with Crippen LogP contribution in [-0.4, -0.2) is 18.8 Å². The Hall–Kier alpha value is -0.250. The molecule has 1 unspecified atom stereocenters. The van der Waals surface area contributed by atoms with E-state index in [2.05, 4.69) is 12.2 Å². The zero-order valence-electron chi connectivity index (χ0n) is 9.66. The summed E-state index contributed by atoms with van der Waals surface area (Å²) >= 11 is 0. The Morgan fingerprint density at radius 3 is 2.13 bits per heavy atom. The van der Waals surface area contributed by atoms with Gasteiger partial charge in [-0.3, -0.25) is 0 Å². The molecule has 0 aliphatic heterocycles. The number of alkyl halides is 3. The minimum absolute atomic E-state index is 0.241. The molecule has 0 aromatic rings. The first-order chi connectivity index (χ1) is 6.99. The van der Waals surface area contributed by atoms with Crippen molar-refractivity contribution in [3.05, 3.63) is 0 Å². The van der Waals surface area contributed by atoms with Crippen LogP contribution < -0.4 is 5.32 Å². The van der Waals surface area contributed by atoms with Crippen LogP contribution in [0.4, 0.5) is 13.2 Å². The smallest absolute Gasteiger partial charge is 0.314 e. The zero-order valence-corrected chi connectivity index (χ0v) is 9.66. The minimum atomic E-state index is -4.00. The molecule has 0 aliphatic carbocycles. The molecule has 0 fully saturated rings. The molecule has 0 saturated heterocycles. The normalized spacial score (nSPS) is 14.2. The quantitative estimate of drug-likeness (QED) is 0.661. The fourth-order valence-electron chi connectivity index (χ4n) is 1.64. The lowest BCUT2D eigenvalue weighted by Crippen LogP contribution is -2.29. The number of halogens is 3. The SMILES string of the molecule is CCCCC(CCCC(F)(F)F)NCC. The van der Waals surface area contributed by atoms with Gasteiger partial charge >= 0.3 is 6.18 Å². The van der Waals surface area contributed by atoms with Gasteiger partial charge in [-0.15, -0.1) is 0 Å². The maximum Gasteiger partial charge on any atom is 0.389 e. The third-order valence-corrected chi connectivity index (χ3v) is 2.41. The second-order valence-corrected chi connectivity index (χ2v) is 3.90. The van der Waals surface area contributed by atoms with E-state index < -0.39 is 12.6 Å². The molecule has 15 heavy (non-hydrogen) atoms. The maximum atomic E-state index is 11.9. The molecule has 0 heterocycles. The summed E-state index contributed by atoms with van der Waals surface area (Å²) in [5.41, 5.74) is 0. The third-order valence-electron chi connectivity index (χ3n) is 2.41. The van der Waals surface area contributed by atoms with Crippen LogP contribution in [0.15, 0.2) is 0 Å². The molecular weight excluding hydrogens is 203 g/mol. The van der Waals surface area contributed by atoms with Crippen molar-refractivity contribution in [3.63, 3.8) is 0 Å². The van der Waals surface area contributed by atoms with Crippen LogP contribution in [0.3, 0.4) is 0 Å². The summed E-state index contributed by atoms with van der Waals surface area (Å²) < 4.78 is 35.8. The van der Waals surface area contributed by atoms with E-state index >= 15 is 0 Å². The molecule has 0 aliphatic rings. The monoisotopic (exact) mass is 225 g/mol. The van der Waals surface area contributed by atoms with Gasteiger partial charge < -0.3 is 5.32 Å². The van der Waals surface area contributed by atoms with Crippen molar-refractivity contribution in [2.75, 3.05) is 6.54 Å². The summed E-state index contributed by atoms with van der Waals surface area (Å²) in [5, 5.41) is 3.24. The Bertz CT molecular complexity index is 145. The molecule has 0 amide bonds. The fourth-order valence-corrected chi connectivity index (χ4v) is 1.64. The minimum Gasteiger partial charge on any atom is -0.314 e. The van der Waals surface area contributed by atoms with Gasteiger partial charge in [0, 0.05) is 12.5 Å². The number of unbranched alkanes of at least 4 members (excludes halogenated alkanes) is 1.